The summed E-state index contributed by atoms with van der Waals surface area (Å²) in [6.45, 7) is 1.87. The van der Waals surface area contributed by atoms with E-state index in [1.165, 1.54) is 6.07 Å². The van der Waals surface area contributed by atoms with Crippen molar-refractivity contribution in [1.82, 2.24) is 0 Å². The lowest BCUT2D eigenvalue weighted by atomic mass is 9.88. The zero-order chi connectivity index (χ0) is 11.2. The summed E-state index contributed by atoms with van der Waals surface area (Å²) >= 11 is 5.73. The summed E-state index contributed by atoms with van der Waals surface area (Å²) in [6.07, 6.45) is 1.75. The Hall–Kier alpha value is -0.800. The van der Waals surface area contributed by atoms with E-state index in [9.17, 15) is 9.50 Å². The number of nitrogens with two attached hydrogens (primary N) is 1. The molecule has 82 valence electrons. The molecule has 0 spiro atoms. The number of hydrogen-bond acceptors (Lipinski definition) is 2. The lowest BCUT2D eigenvalue weighted by Crippen LogP contribution is -2.31. The SMILES string of the molecule is CC(N)C1(c2cc(F)cc(Cl)c2O)CC1. The molecule has 1 saturated carbocycles. The Balaban J connectivity index is 2.53. The van der Waals surface area contributed by atoms with Crippen LogP contribution in [0.4, 0.5) is 4.39 Å². The van der Waals surface area contributed by atoms with Gasteiger partial charge in [-0.25, -0.2) is 4.39 Å². The van der Waals surface area contributed by atoms with E-state index in [-0.39, 0.29) is 22.2 Å². The molecule has 15 heavy (non-hydrogen) atoms. The van der Waals surface area contributed by atoms with Crippen LogP contribution in [0.1, 0.15) is 25.3 Å². The first-order valence-electron chi connectivity index (χ1n) is 4.91. The number of hydrogen-bond donors (Lipinski definition) is 2. The summed E-state index contributed by atoms with van der Waals surface area (Å²) < 4.78 is 13.2. The maximum Gasteiger partial charge on any atom is 0.138 e. The number of phenolic OH excluding ortho intramolecular Hbond substituents is 1. The number of rotatable bonds is 2. The Morgan fingerprint density at radius 2 is 2.13 bits per heavy atom. The molecule has 1 fully saturated rings. The highest BCUT2D eigenvalue weighted by Crippen LogP contribution is 2.54. The molecule has 0 aromatic heterocycles. The molecule has 0 radical (unpaired) electrons. The van der Waals surface area contributed by atoms with Crippen molar-refractivity contribution in [2.24, 2.45) is 5.73 Å². The molecule has 1 aromatic rings. The lowest BCUT2D eigenvalue weighted by molar-refractivity contribution is 0.443. The Labute approximate surface area is 92.9 Å². The predicted molar refractivity (Wildman–Crippen MR) is 57.6 cm³/mol. The van der Waals surface area contributed by atoms with Gasteiger partial charge >= 0.3 is 0 Å². The molecule has 1 unspecified atom stereocenters. The Bertz CT molecular complexity index is 402. The zero-order valence-corrected chi connectivity index (χ0v) is 9.18. The number of halogens is 2. The fraction of sp³-hybridized carbons (Fsp3) is 0.455. The van der Waals surface area contributed by atoms with Crippen LogP contribution in [0.15, 0.2) is 12.1 Å². The van der Waals surface area contributed by atoms with Crippen LogP contribution < -0.4 is 5.73 Å². The molecule has 3 N–H and O–H groups in total. The van der Waals surface area contributed by atoms with Gasteiger partial charge in [0.15, 0.2) is 0 Å². The first-order chi connectivity index (χ1) is 6.97. The van der Waals surface area contributed by atoms with Crippen LogP contribution in [0.2, 0.25) is 5.02 Å². The monoisotopic (exact) mass is 229 g/mol. The molecule has 1 aliphatic rings. The van der Waals surface area contributed by atoms with Gasteiger partial charge < -0.3 is 10.8 Å². The third kappa shape index (κ3) is 1.60. The quantitative estimate of drug-likeness (QED) is 0.819. The number of aromatic hydroxyl groups is 1. The van der Waals surface area contributed by atoms with Gasteiger partial charge in [-0.1, -0.05) is 11.6 Å². The molecule has 1 atom stereocenters. The standard InChI is InChI=1S/C11H13ClFNO/c1-6(14)11(2-3-11)8-4-7(13)5-9(12)10(8)15/h4-6,15H,2-3,14H2,1H3. The minimum absolute atomic E-state index is 0.0344. The molecule has 0 bridgehead atoms. The van der Waals surface area contributed by atoms with Crippen LogP contribution in [-0.2, 0) is 5.41 Å². The van der Waals surface area contributed by atoms with E-state index < -0.39 is 5.82 Å². The highest BCUT2D eigenvalue weighted by Gasteiger charge is 2.49. The van der Waals surface area contributed by atoms with Gasteiger partial charge in [-0.3, -0.25) is 0 Å². The molecule has 0 heterocycles. The molecule has 1 aromatic carbocycles. The molecular weight excluding hydrogens is 217 g/mol. The second-order valence-corrected chi connectivity index (χ2v) is 4.64. The van der Waals surface area contributed by atoms with Crippen molar-refractivity contribution in [3.05, 3.63) is 28.5 Å². The molecule has 2 nitrogen and oxygen atoms in total. The highest BCUT2D eigenvalue weighted by molar-refractivity contribution is 6.32. The van der Waals surface area contributed by atoms with Crippen LogP contribution in [-0.4, -0.2) is 11.1 Å². The van der Waals surface area contributed by atoms with E-state index in [0.717, 1.165) is 18.9 Å². The summed E-state index contributed by atoms with van der Waals surface area (Å²) in [7, 11) is 0. The summed E-state index contributed by atoms with van der Waals surface area (Å²) in [5, 5.41) is 9.85. The molecule has 0 amide bonds. The minimum Gasteiger partial charge on any atom is -0.506 e. The van der Waals surface area contributed by atoms with E-state index >= 15 is 0 Å². The predicted octanol–water partition coefficient (Wildman–Crippen LogP) is 2.56. The van der Waals surface area contributed by atoms with Crippen molar-refractivity contribution in [2.75, 3.05) is 0 Å². The van der Waals surface area contributed by atoms with Gasteiger partial charge in [0, 0.05) is 17.0 Å². The average Bonchev–Trinajstić information content (AvgIpc) is 2.91. The second-order valence-electron chi connectivity index (χ2n) is 4.23. The van der Waals surface area contributed by atoms with Crippen LogP contribution >= 0.6 is 11.6 Å². The summed E-state index contributed by atoms with van der Waals surface area (Å²) in [5.74, 6) is -0.465. The molecule has 2 rings (SSSR count). The first kappa shape index (κ1) is 10.7. The van der Waals surface area contributed by atoms with Crippen molar-refractivity contribution >= 4 is 11.6 Å². The van der Waals surface area contributed by atoms with E-state index in [2.05, 4.69) is 0 Å². The summed E-state index contributed by atoms with van der Waals surface area (Å²) in [4.78, 5) is 0. The van der Waals surface area contributed by atoms with Gasteiger partial charge in [-0.15, -0.1) is 0 Å². The smallest absolute Gasteiger partial charge is 0.138 e. The number of phenols is 1. The fourth-order valence-corrected chi connectivity index (χ4v) is 2.26. The van der Waals surface area contributed by atoms with E-state index in [1.807, 2.05) is 6.92 Å². The van der Waals surface area contributed by atoms with Gasteiger partial charge in [-0.2, -0.15) is 0 Å². The van der Waals surface area contributed by atoms with Crippen molar-refractivity contribution in [2.45, 2.75) is 31.2 Å². The fourth-order valence-electron chi connectivity index (χ4n) is 2.05. The van der Waals surface area contributed by atoms with Gasteiger partial charge in [0.1, 0.15) is 11.6 Å². The molecule has 0 saturated heterocycles. The van der Waals surface area contributed by atoms with Gasteiger partial charge in [0.2, 0.25) is 0 Å². The zero-order valence-electron chi connectivity index (χ0n) is 8.43. The second kappa shape index (κ2) is 3.35. The largest absolute Gasteiger partial charge is 0.506 e. The highest BCUT2D eigenvalue weighted by atomic mass is 35.5. The molecular formula is C11H13ClFNO. The number of benzene rings is 1. The maximum absolute atomic E-state index is 13.2. The van der Waals surface area contributed by atoms with Crippen molar-refractivity contribution in [1.29, 1.82) is 0 Å². The van der Waals surface area contributed by atoms with E-state index in [4.69, 9.17) is 17.3 Å². The third-order valence-corrected chi connectivity index (χ3v) is 3.51. The van der Waals surface area contributed by atoms with Crippen molar-refractivity contribution < 1.29 is 9.50 Å². The summed E-state index contributed by atoms with van der Waals surface area (Å²) in [6, 6.07) is 2.33. The van der Waals surface area contributed by atoms with Crippen LogP contribution in [0.3, 0.4) is 0 Å². The van der Waals surface area contributed by atoms with Crippen LogP contribution in [0.5, 0.6) is 5.75 Å². The van der Waals surface area contributed by atoms with E-state index in [1.54, 1.807) is 0 Å². The average molecular weight is 230 g/mol. The molecule has 1 aliphatic carbocycles. The normalized spacial score (nSPS) is 20.0. The van der Waals surface area contributed by atoms with Crippen LogP contribution in [0.25, 0.3) is 0 Å². The van der Waals surface area contributed by atoms with E-state index in [0.29, 0.717) is 5.56 Å². The third-order valence-electron chi connectivity index (χ3n) is 3.22. The Morgan fingerprint density at radius 1 is 1.53 bits per heavy atom. The Kier molecular flexibility index (Phi) is 2.40. The van der Waals surface area contributed by atoms with Gasteiger partial charge in [0.05, 0.1) is 5.02 Å². The minimum atomic E-state index is -0.431. The molecule has 4 heteroatoms. The van der Waals surface area contributed by atoms with Crippen LogP contribution in [0, 0.1) is 5.82 Å². The van der Waals surface area contributed by atoms with Crippen molar-refractivity contribution in [3.63, 3.8) is 0 Å². The lowest BCUT2D eigenvalue weighted by Gasteiger charge is -2.21. The van der Waals surface area contributed by atoms with Crippen molar-refractivity contribution in [3.8, 4) is 5.75 Å². The summed E-state index contributed by atoms with van der Waals surface area (Å²) in [5.41, 5.74) is 6.12. The topological polar surface area (TPSA) is 46.2 Å². The molecule has 0 aliphatic heterocycles. The Morgan fingerprint density at radius 3 is 2.60 bits per heavy atom. The first-order valence-corrected chi connectivity index (χ1v) is 5.29. The van der Waals surface area contributed by atoms with Gasteiger partial charge in [0.25, 0.3) is 0 Å². The maximum atomic E-state index is 13.2. The van der Waals surface area contributed by atoms with Gasteiger partial charge in [-0.05, 0) is 31.9 Å².